The molecule has 0 aromatic rings. The van der Waals surface area contributed by atoms with E-state index in [1.54, 1.807) is 0 Å². The summed E-state index contributed by atoms with van der Waals surface area (Å²) >= 11 is 0. The van der Waals surface area contributed by atoms with Crippen molar-refractivity contribution in [3.63, 3.8) is 0 Å². The molecule has 0 bridgehead atoms. The Kier molecular flexibility index (Phi) is 4.34. The van der Waals surface area contributed by atoms with Crippen molar-refractivity contribution in [2.45, 2.75) is 44.8 Å². The van der Waals surface area contributed by atoms with Crippen molar-refractivity contribution in [2.24, 2.45) is 23.5 Å². The zero-order valence-corrected chi connectivity index (χ0v) is 10.7. The summed E-state index contributed by atoms with van der Waals surface area (Å²) < 4.78 is 0. The molecule has 0 spiro atoms. The first-order valence-corrected chi connectivity index (χ1v) is 6.24. The van der Waals surface area contributed by atoms with Crippen molar-refractivity contribution >= 4 is 11.9 Å². The van der Waals surface area contributed by atoms with Gasteiger partial charge in [-0.15, -0.1) is 0 Å². The number of hydrogen-bond donors (Lipinski definition) is 4. The summed E-state index contributed by atoms with van der Waals surface area (Å²) in [6.07, 6.45) is 1.68. The second-order valence-corrected chi connectivity index (χ2v) is 5.08. The Morgan fingerprint density at radius 3 is 2.06 bits per heavy atom. The lowest BCUT2D eigenvalue weighted by atomic mass is 9.91. The summed E-state index contributed by atoms with van der Waals surface area (Å²) in [6.45, 7) is 4.36. The van der Waals surface area contributed by atoms with E-state index in [-0.39, 0.29) is 6.42 Å². The molecule has 2 aliphatic carbocycles. The third kappa shape index (κ3) is 2.35. The molecule has 0 amide bonds. The number of rotatable bonds is 3. The van der Waals surface area contributed by atoms with Crippen LogP contribution in [0.4, 0.5) is 0 Å². The van der Waals surface area contributed by atoms with E-state index in [1.165, 1.54) is 12.8 Å². The van der Waals surface area contributed by atoms with Crippen LogP contribution in [0.2, 0.25) is 0 Å². The highest BCUT2D eigenvalue weighted by molar-refractivity contribution is 5.85. The molecule has 0 aliphatic heterocycles. The zero-order chi connectivity index (χ0) is 14.1. The summed E-state index contributed by atoms with van der Waals surface area (Å²) in [7, 11) is 0. The second-order valence-electron chi connectivity index (χ2n) is 5.08. The van der Waals surface area contributed by atoms with Gasteiger partial charge in [0.05, 0.1) is 12.0 Å². The minimum Gasteiger partial charge on any atom is -0.481 e. The van der Waals surface area contributed by atoms with Crippen LogP contribution in [0, 0.1) is 17.8 Å². The molecule has 18 heavy (non-hydrogen) atoms. The Hall–Kier alpha value is -1.14. The van der Waals surface area contributed by atoms with Gasteiger partial charge in [-0.05, 0) is 0 Å². The Labute approximate surface area is 106 Å². The van der Waals surface area contributed by atoms with Gasteiger partial charge in [0.15, 0.2) is 0 Å². The van der Waals surface area contributed by atoms with Gasteiger partial charge in [0, 0.05) is 18.3 Å². The molecule has 5 atom stereocenters. The van der Waals surface area contributed by atoms with Crippen molar-refractivity contribution in [1.29, 1.82) is 0 Å². The lowest BCUT2D eigenvalue weighted by molar-refractivity contribution is -0.146. The van der Waals surface area contributed by atoms with E-state index in [0.717, 1.165) is 0 Å². The summed E-state index contributed by atoms with van der Waals surface area (Å²) in [5.41, 5.74) is 4.02. The Morgan fingerprint density at radius 1 is 1.28 bits per heavy atom. The SMILES string of the molecule is CCCC.N[C@@]1(C(=O)O)C[C@H](O)[C@H]2[C@H](C(=O)O)[C@H]21. The molecule has 2 aliphatic rings. The lowest BCUT2D eigenvalue weighted by Gasteiger charge is -2.22. The molecule has 2 fully saturated rings. The maximum absolute atomic E-state index is 10.8. The number of aliphatic hydroxyl groups is 1. The maximum atomic E-state index is 10.8. The number of carboxylic acids is 2. The van der Waals surface area contributed by atoms with E-state index in [2.05, 4.69) is 13.8 Å². The first kappa shape index (κ1) is 14.9. The highest BCUT2D eigenvalue weighted by atomic mass is 16.4. The molecule has 2 rings (SSSR count). The van der Waals surface area contributed by atoms with Crippen LogP contribution in [0.1, 0.15) is 33.1 Å². The standard InChI is InChI=1S/C8H11NO5.C4H10/c9-8(7(13)14)1-2(10)3-4(5(3)8)6(11)12;1-3-4-2/h2-5,10H,1,9H2,(H,11,12)(H,13,14);3-4H2,1-2H3/t2-,3-,4-,5-,8-;/m0./s1. The fourth-order valence-electron chi connectivity index (χ4n) is 2.64. The van der Waals surface area contributed by atoms with Gasteiger partial charge in [-0.25, -0.2) is 0 Å². The monoisotopic (exact) mass is 259 g/mol. The smallest absolute Gasteiger partial charge is 0.324 e. The van der Waals surface area contributed by atoms with Crippen LogP contribution in [0.5, 0.6) is 0 Å². The Morgan fingerprint density at radius 2 is 1.78 bits per heavy atom. The predicted molar refractivity (Wildman–Crippen MR) is 63.9 cm³/mol. The van der Waals surface area contributed by atoms with Gasteiger partial charge < -0.3 is 21.1 Å². The summed E-state index contributed by atoms with van der Waals surface area (Å²) in [5.74, 6) is -4.19. The van der Waals surface area contributed by atoms with Crippen LogP contribution >= 0.6 is 0 Å². The first-order valence-electron chi connectivity index (χ1n) is 6.24. The van der Waals surface area contributed by atoms with Gasteiger partial charge in [0.25, 0.3) is 0 Å². The predicted octanol–water partition coefficient (Wildman–Crippen LogP) is 0.286. The highest BCUT2D eigenvalue weighted by Gasteiger charge is 2.73. The van der Waals surface area contributed by atoms with E-state index in [4.69, 9.17) is 15.9 Å². The molecule has 0 aromatic carbocycles. The van der Waals surface area contributed by atoms with Crippen LogP contribution in [0.15, 0.2) is 0 Å². The van der Waals surface area contributed by atoms with Crippen LogP contribution < -0.4 is 5.73 Å². The van der Waals surface area contributed by atoms with Crippen LogP contribution in [0.3, 0.4) is 0 Å². The largest absolute Gasteiger partial charge is 0.481 e. The highest BCUT2D eigenvalue weighted by Crippen LogP contribution is 2.61. The minimum atomic E-state index is -1.56. The number of fused-ring (bicyclic) bond motifs is 1. The third-order valence-electron chi connectivity index (χ3n) is 3.84. The average molecular weight is 259 g/mol. The molecular weight excluding hydrogens is 238 g/mol. The van der Waals surface area contributed by atoms with Crippen molar-refractivity contribution in [2.75, 3.05) is 0 Å². The van der Waals surface area contributed by atoms with E-state index < -0.39 is 41.3 Å². The van der Waals surface area contributed by atoms with Gasteiger partial charge in [0.2, 0.25) is 0 Å². The van der Waals surface area contributed by atoms with Gasteiger partial charge in [0.1, 0.15) is 5.54 Å². The summed E-state index contributed by atoms with van der Waals surface area (Å²) in [5, 5.41) is 27.0. The quantitative estimate of drug-likeness (QED) is 0.578. The molecule has 104 valence electrons. The molecule has 6 nitrogen and oxygen atoms in total. The Bertz CT molecular complexity index is 343. The molecule has 0 radical (unpaired) electrons. The summed E-state index contributed by atoms with van der Waals surface area (Å²) in [6, 6.07) is 0. The molecule has 0 heterocycles. The van der Waals surface area contributed by atoms with E-state index in [1.807, 2.05) is 0 Å². The second kappa shape index (κ2) is 5.24. The first-order chi connectivity index (χ1) is 8.31. The normalized spacial score (nSPS) is 40.4. The Balaban J connectivity index is 0.000000357. The molecule has 6 heteroatoms. The molecule has 5 N–H and O–H groups in total. The van der Waals surface area contributed by atoms with Crippen molar-refractivity contribution in [1.82, 2.24) is 0 Å². The molecule has 0 saturated heterocycles. The molecule has 0 aromatic heterocycles. The van der Waals surface area contributed by atoms with Crippen LogP contribution in [-0.4, -0.2) is 38.9 Å². The average Bonchev–Trinajstić information content (AvgIpc) is 2.99. The number of hydrogen-bond acceptors (Lipinski definition) is 4. The number of carboxylic acid groups (broad SMARTS) is 2. The van der Waals surface area contributed by atoms with E-state index >= 15 is 0 Å². The van der Waals surface area contributed by atoms with E-state index in [9.17, 15) is 14.7 Å². The molecular formula is C12H21NO5. The third-order valence-corrected chi connectivity index (χ3v) is 3.84. The van der Waals surface area contributed by atoms with Crippen LogP contribution in [0.25, 0.3) is 0 Å². The fourth-order valence-corrected chi connectivity index (χ4v) is 2.64. The lowest BCUT2D eigenvalue weighted by Crippen LogP contribution is -2.50. The summed E-state index contributed by atoms with van der Waals surface area (Å²) in [4.78, 5) is 21.5. The van der Waals surface area contributed by atoms with Crippen molar-refractivity contribution < 1.29 is 24.9 Å². The molecule has 2 saturated carbocycles. The zero-order valence-electron chi connectivity index (χ0n) is 10.7. The van der Waals surface area contributed by atoms with Crippen molar-refractivity contribution in [3.05, 3.63) is 0 Å². The molecule has 0 unspecified atom stereocenters. The number of unbranched alkanes of at least 4 members (excludes halogenated alkanes) is 1. The topological polar surface area (TPSA) is 121 Å². The van der Waals surface area contributed by atoms with Crippen LogP contribution in [-0.2, 0) is 9.59 Å². The maximum Gasteiger partial charge on any atom is 0.324 e. The van der Waals surface area contributed by atoms with Crippen molar-refractivity contribution in [3.8, 4) is 0 Å². The number of nitrogens with two attached hydrogens (primary N) is 1. The number of aliphatic hydroxyl groups excluding tert-OH is 1. The number of carbonyl (C=O) groups is 2. The van der Waals surface area contributed by atoms with Gasteiger partial charge in [-0.1, -0.05) is 26.7 Å². The van der Waals surface area contributed by atoms with E-state index in [0.29, 0.717) is 0 Å². The fraction of sp³-hybridized carbons (Fsp3) is 0.833. The minimum absolute atomic E-state index is 0.0541. The van der Waals surface area contributed by atoms with Gasteiger partial charge in [-0.2, -0.15) is 0 Å². The van der Waals surface area contributed by atoms with Gasteiger partial charge in [-0.3, -0.25) is 9.59 Å². The number of aliphatic carboxylic acids is 2. The van der Waals surface area contributed by atoms with Gasteiger partial charge >= 0.3 is 11.9 Å².